The fraction of sp³-hybridized carbons (Fsp3) is 0.214. The number of aromatic nitrogens is 2. The first-order chi connectivity index (χ1) is 9.52. The van der Waals surface area contributed by atoms with Gasteiger partial charge in [0.1, 0.15) is 0 Å². The zero-order valence-electron chi connectivity index (χ0n) is 11.1. The summed E-state index contributed by atoms with van der Waals surface area (Å²) in [7, 11) is 1.77. The van der Waals surface area contributed by atoms with E-state index in [4.69, 9.17) is 16.7 Å². The average Bonchev–Trinajstić information content (AvgIpc) is 2.46. The summed E-state index contributed by atoms with van der Waals surface area (Å²) >= 11 is 6.17. The maximum Gasteiger partial charge on any atom is 0.358 e. The van der Waals surface area contributed by atoms with Crippen molar-refractivity contribution in [1.82, 2.24) is 9.97 Å². The Morgan fingerprint density at radius 3 is 2.60 bits per heavy atom. The van der Waals surface area contributed by atoms with Gasteiger partial charge in [0.15, 0.2) is 11.5 Å². The quantitative estimate of drug-likeness (QED) is 0.938. The van der Waals surface area contributed by atoms with Crippen LogP contribution < -0.4 is 4.90 Å². The summed E-state index contributed by atoms with van der Waals surface area (Å²) in [6.45, 7) is 1.93. The van der Waals surface area contributed by atoms with Crippen LogP contribution in [0.4, 0.5) is 5.82 Å². The van der Waals surface area contributed by atoms with Crippen LogP contribution in [-0.2, 0) is 0 Å². The largest absolute Gasteiger partial charge is 0.476 e. The number of rotatable bonds is 4. The van der Waals surface area contributed by atoms with Crippen LogP contribution >= 0.6 is 11.6 Å². The van der Waals surface area contributed by atoms with Gasteiger partial charge in [-0.1, -0.05) is 29.8 Å². The second-order valence-corrected chi connectivity index (χ2v) is 4.75. The van der Waals surface area contributed by atoms with Crippen molar-refractivity contribution in [1.29, 1.82) is 0 Å². The molecule has 0 aliphatic carbocycles. The number of carboxylic acid groups (broad SMARTS) is 1. The molecule has 0 amide bonds. The molecule has 1 aromatic carbocycles. The number of carboxylic acids is 1. The maximum atomic E-state index is 11.2. The molecule has 6 heteroatoms. The van der Waals surface area contributed by atoms with Crippen molar-refractivity contribution in [2.24, 2.45) is 0 Å². The molecule has 0 bridgehead atoms. The van der Waals surface area contributed by atoms with E-state index in [-0.39, 0.29) is 11.7 Å². The van der Waals surface area contributed by atoms with E-state index in [1.54, 1.807) is 18.0 Å². The Labute approximate surface area is 121 Å². The molecular formula is C14H14ClN3O2. The van der Waals surface area contributed by atoms with Gasteiger partial charge >= 0.3 is 5.97 Å². The Hall–Kier alpha value is -2.14. The number of carbonyl (C=O) groups is 1. The minimum atomic E-state index is -1.11. The van der Waals surface area contributed by atoms with Gasteiger partial charge in [0.2, 0.25) is 0 Å². The molecule has 20 heavy (non-hydrogen) atoms. The van der Waals surface area contributed by atoms with E-state index in [0.717, 1.165) is 5.56 Å². The lowest BCUT2D eigenvalue weighted by atomic mass is 10.1. The van der Waals surface area contributed by atoms with E-state index < -0.39 is 5.97 Å². The number of aromatic carboxylic acids is 1. The van der Waals surface area contributed by atoms with Gasteiger partial charge in [-0.2, -0.15) is 0 Å². The van der Waals surface area contributed by atoms with Gasteiger partial charge in [0.25, 0.3) is 0 Å². The molecule has 1 N–H and O–H groups in total. The lowest BCUT2D eigenvalue weighted by Gasteiger charge is -2.27. The molecular weight excluding hydrogens is 278 g/mol. The molecule has 2 aromatic rings. The van der Waals surface area contributed by atoms with Crippen molar-refractivity contribution in [3.63, 3.8) is 0 Å². The van der Waals surface area contributed by atoms with Gasteiger partial charge in [-0.3, -0.25) is 0 Å². The summed E-state index contributed by atoms with van der Waals surface area (Å²) in [4.78, 5) is 20.9. The van der Waals surface area contributed by atoms with Crippen LogP contribution in [-0.4, -0.2) is 28.1 Å². The average molecular weight is 292 g/mol. The summed E-state index contributed by atoms with van der Waals surface area (Å²) in [6.07, 6.45) is 2.83. The summed E-state index contributed by atoms with van der Waals surface area (Å²) < 4.78 is 0. The Morgan fingerprint density at radius 1 is 1.30 bits per heavy atom. The van der Waals surface area contributed by atoms with Gasteiger partial charge in [-0.15, -0.1) is 0 Å². The fourth-order valence-electron chi connectivity index (χ4n) is 1.95. The molecule has 1 unspecified atom stereocenters. The zero-order valence-corrected chi connectivity index (χ0v) is 11.9. The van der Waals surface area contributed by atoms with E-state index in [0.29, 0.717) is 10.8 Å². The van der Waals surface area contributed by atoms with E-state index in [2.05, 4.69) is 9.97 Å². The molecule has 0 aliphatic heterocycles. The van der Waals surface area contributed by atoms with Crippen molar-refractivity contribution in [3.8, 4) is 0 Å². The van der Waals surface area contributed by atoms with Crippen LogP contribution in [0, 0.1) is 0 Å². The molecule has 0 fully saturated rings. The van der Waals surface area contributed by atoms with Gasteiger partial charge in [-0.25, -0.2) is 14.8 Å². The van der Waals surface area contributed by atoms with Crippen LogP contribution in [0.3, 0.4) is 0 Å². The van der Waals surface area contributed by atoms with E-state index in [1.165, 1.54) is 12.4 Å². The molecule has 1 heterocycles. The third kappa shape index (κ3) is 2.72. The standard InChI is InChI=1S/C14H14ClN3O2/c1-9(10-5-3-4-6-11(10)15)18(2)13-12(14(19)20)16-7-8-17-13/h3-9H,1-2H3,(H,19,20). The molecule has 1 atom stereocenters. The first-order valence-corrected chi connectivity index (χ1v) is 6.41. The van der Waals surface area contributed by atoms with Crippen LogP contribution in [0.25, 0.3) is 0 Å². The van der Waals surface area contributed by atoms with Gasteiger partial charge in [0.05, 0.1) is 6.04 Å². The smallest absolute Gasteiger partial charge is 0.358 e. The number of hydrogen-bond donors (Lipinski definition) is 1. The van der Waals surface area contributed by atoms with Gasteiger partial charge in [0, 0.05) is 24.5 Å². The first kappa shape index (κ1) is 14.3. The zero-order chi connectivity index (χ0) is 14.7. The van der Waals surface area contributed by atoms with Crippen LogP contribution in [0.5, 0.6) is 0 Å². The monoisotopic (exact) mass is 291 g/mol. The molecule has 0 saturated carbocycles. The summed E-state index contributed by atoms with van der Waals surface area (Å²) in [5.74, 6) is -0.793. The van der Waals surface area contributed by atoms with Crippen molar-refractivity contribution in [2.45, 2.75) is 13.0 Å². The lowest BCUT2D eigenvalue weighted by Crippen LogP contribution is -2.25. The van der Waals surface area contributed by atoms with Crippen molar-refractivity contribution in [3.05, 3.63) is 52.9 Å². The fourth-order valence-corrected chi connectivity index (χ4v) is 2.24. The Bertz CT molecular complexity index is 633. The highest BCUT2D eigenvalue weighted by Crippen LogP contribution is 2.29. The predicted octanol–water partition coefficient (Wildman–Crippen LogP) is 3.03. The lowest BCUT2D eigenvalue weighted by molar-refractivity contribution is 0.0690. The summed E-state index contributed by atoms with van der Waals surface area (Å²) in [6, 6.07) is 7.32. The second-order valence-electron chi connectivity index (χ2n) is 4.34. The second kappa shape index (κ2) is 5.88. The maximum absolute atomic E-state index is 11.2. The molecule has 2 rings (SSSR count). The van der Waals surface area contributed by atoms with Crippen LogP contribution in [0.15, 0.2) is 36.7 Å². The Kier molecular flexibility index (Phi) is 4.20. The molecule has 0 saturated heterocycles. The molecule has 0 radical (unpaired) electrons. The highest BCUT2D eigenvalue weighted by molar-refractivity contribution is 6.31. The normalized spacial score (nSPS) is 11.9. The van der Waals surface area contributed by atoms with Crippen molar-refractivity contribution < 1.29 is 9.90 Å². The van der Waals surface area contributed by atoms with Crippen LogP contribution in [0.1, 0.15) is 29.0 Å². The minimum absolute atomic E-state index is 0.0751. The molecule has 1 aromatic heterocycles. The van der Waals surface area contributed by atoms with Gasteiger partial charge in [-0.05, 0) is 18.6 Å². The molecule has 0 aliphatic rings. The van der Waals surface area contributed by atoms with Crippen molar-refractivity contribution in [2.75, 3.05) is 11.9 Å². The van der Waals surface area contributed by atoms with Crippen LogP contribution in [0.2, 0.25) is 5.02 Å². The van der Waals surface area contributed by atoms with E-state index in [1.807, 2.05) is 25.1 Å². The summed E-state index contributed by atoms with van der Waals surface area (Å²) in [5.41, 5.74) is 0.826. The number of anilines is 1. The number of nitrogens with zero attached hydrogens (tertiary/aromatic N) is 3. The third-order valence-electron chi connectivity index (χ3n) is 3.15. The van der Waals surface area contributed by atoms with E-state index >= 15 is 0 Å². The predicted molar refractivity (Wildman–Crippen MR) is 77.3 cm³/mol. The molecule has 0 spiro atoms. The molecule has 5 nitrogen and oxygen atoms in total. The number of hydrogen-bond acceptors (Lipinski definition) is 4. The first-order valence-electron chi connectivity index (χ1n) is 6.04. The number of benzene rings is 1. The van der Waals surface area contributed by atoms with E-state index in [9.17, 15) is 4.79 Å². The highest BCUT2D eigenvalue weighted by Gasteiger charge is 2.21. The van der Waals surface area contributed by atoms with Crippen molar-refractivity contribution >= 4 is 23.4 Å². The SMILES string of the molecule is CC(c1ccccc1Cl)N(C)c1nccnc1C(=O)O. The van der Waals surface area contributed by atoms with Gasteiger partial charge < -0.3 is 10.0 Å². The third-order valence-corrected chi connectivity index (χ3v) is 3.50. The highest BCUT2D eigenvalue weighted by atomic mass is 35.5. The Morgan fingerprint density at radius 2 is 1.95 bits per heavy atom. The number of halogens is 1. The topological polar surface area (TPSA) is 66.3 Å². The summed E-state index contributed by atoms with van der Waals surface area (Å²) in [5, 5.41) is 9.80. The molecule has 104 valence electrons. The Balaban J connectivity index is 2.39. The minimum Gasteiger partial charge on any atom is -0.476 e.